The summed E-state index contributed by atoms with van der Waals surface area (Å²) in [5.41, 5.74) is 5.41. The van der Waals surface area contributed by atoms with Gasteiger partial charge in [0.2, 0.25) is 0 Å². The van der Waals surface area contributed by atoms with Crippen LogP contribution in [0.25, 0.3) is 0 Å². The van der Waals surface area contributed by atoms with Crippen molar-refractivity contribution in [3.63, 3.8) is 0 Å². The topological polar surface area (TPSA) is 73.1 Å². The van der Waals surface area contributed by atoms with Gasteiger partial charge >= 0.3 is 0 Å². The van der Waals surface area contributed by atoms with Gasteiger partial charge in [0.25, 0.3) is 0 Å². The molecular formula is C10H18N4O. The number of aromatic nitrogens is 2. The lowest BCUT2D eigenvalue weighted by molar-refractivity contribution is 0.118. The van der Waals surface area contributed by atoms with Crippen LogP contribution in [0.4, 0.5) is 11.6 Å². The standard InChI is InChI=1S/C10H18N4O/c1-8(2)7-15-4-3-12-10-6-13-9(11)5-14-10/h5-6,8H,3-4,7H2,1-2H3,(H2,11,13)(H,12,14). The summed E-state index contributed by atoms with van der Waals surface area (Å²) >= 11 is 0. The molecule has 0 aliphatic rings. The van der Waals surface area contributed by atoms with E-state index in [1.54, 1.807) is 6.20 Å². The maximum absolute atomic E-state index is 5.41. The summed E-state index contributed by atoms with van der Waals surface area (Å²) in [6.07, 6.45) is 3.13. The number of anilines is 2. The molecule has 3 N–H and O–H groups in total. The summed E-state index contributed by atoms with van der Waals surface area (Å²) in [6, 6.07) is 0. The minimum absolute atomic E-state index is 0.427. The van der Waals surface area contributed by atoms with Crippen LogP contribution < -0.4 is 11.1 Å². The second kappa shape index (κ2) is 6.19. The predicted octanol–water partition coefficient (Wildman–Crippen LogP) is 1.14. The highest BCUT2D eigenvalue weighted by atomic mass is 16.5. The summed E-state index contributed by atoms with van der Waals surface area (Å²) in [5, 5.41) is 3.09. The fraction of sp³-hybridized carbons (Fsp3) is 0.600. The zero-order valence-electron chi connectivity index (χ0n) is 9.23. The van der Waals surface area contributed by atoms with Gasteiger partial charge in [0, 0.05) is 13.2 Å². The molecule has 0 aliphatic carbocycles. The van der Waals surface area contributed by atoms with Crippen molar-refractivity contribution in [2.45, 2.75) is 13.8 Å². The zero-order valence-corrected chi connectivity index (χ0v) is 9.23. The van der Waals surface area contributed by atoms with Gasteiger partial charge in [-0.2, -0.15) is 0 Å². The second-order valence-corrected chi connectivity index (χ2v) is 3.72. The first-order chi connectivity index (χ1) is 7.18. The highest BCUT2D eigenvalue weighted by molar-refractivity contribution is 5.35. The number of hydrogen-bond acceptors (Lipinski definition) is 5. The van der Waals surface area contributed by atoms with E-state index in [9.17, 15) is 0 Å². The van der Waals surface area contributed by atoms with Gasteiger partial charge in [-0.3, -0.25) is 0 Å². The van der Waals surface area contributed by atoms with Crippen LogP contribution in [0.15, 0.2) is 12.4 Å². The molecule has 0 bridgehead atoms. The molecule has 0 aromatic carbocycles. The number of nitrogen functional groups attached to an aromatic ring is 1. The van der Waals surface area contributed by atoms with Gasteiger partial charge in [-0.25, -0.2) is 9.97 Å². The first kappa shape index (κ1) is 11.7. The first-order valence-electron chi connectivity index (χ1n) is 5.07. The van der Waals surface area contributed by atoms with Crippen molar-refractivity contribution < 1.29 is 4.74 Å². The quantitative estimate of drug-likeness (QED) is 0.689. The molecule has 0 amide bonds. The number of nitrogens with one attached hydrogen (secondary N) is 1. The molecular weight excluding hydrogens is 192 g/mol. The summed E-state index contributed by atoms with van der Waals surface area (Å²) in [4.78, 5) is 7.98. The van der Waals surface area contributed by atoms with Crippen molar-refractivity contribution in [3.05, 3.63) is 12.4 Å². The highest BCUT2D eigenvalue weighted by Gasteiger charge is 1.95. The lowest BCUT2D eigenvalue weighted by Crippen LogP contribution is -2.13. The van der Waals surface area contributed by atoms with Gasteiger partial charge in [-0.1, -0.05) is 13.8 Å². The average Bonchev–Trinajstić information content (AvgIpc) is 2.20. The summed E-state index contributed by atoms with van der Waals surface area (Å²) in [7, 11) is 0. The molecule has 15 heavy (non-hydrogen) atoms. The highest BCUT2D eigenvalue weighted by Crippen LogP contribution is 2.00. The molecule has 5 heteroatoms. The van der Waals surface area contributed by atoms with E-state index in [0.29, 0.717) is 18.3 Å². The molecule has 0 atom stereocenters. The molecule has 0 saturated carbocycles. The van der Waals surface area contributed by atoms with Crippen LogP contribution in [-0.2, 0) is 4.74 Å². The number of nitrogens with zero attached hydrogens (tertiary/aromatic N) is 2. The number of ether oxygens (including phenoxy) is 1. The van der Waals surface area contributed by atoms with Crippen LogP contribution >= 0.6 is 0 Å². The third kappa shape index (κ3) is 5.17. The largest absolute Gasteiger partial charge is 0.382 e. The Morgan fingerprint density at radius 1 is 1.40 bits per heavy atom. The van der Waals surface area contributed by atoms with E-state index >= 15 is 0 Å². The van der Waals surface area contributed by atoms with Crippen LogP contribution in [0.3, 0.4) is 0 Å². The van der Waals surface area contributed by atoms with E-state index in [1.165, 1.54) is 6.20 Å². The Kier molecular flexibility index (Phi) is 4.83. The van der Waals surface area contributed by atoms with Crippen molar-refractivity contribution in [2.75, 3.05) is 30.8 Å². The van der Waals surface area contributed by atoms with Crippen molar-refractivity contribution >= 4 is 11.6 Å². The van der Waals surface area contributed by atoms with Gasteiger partial charge in [0.15, 0.2) is 0 Å². The van der Waals surface area contributed by atoms with E-state index in [2.05, 4.69) is 29.1 Å². The fourth-order valence-electron chi connectivity index (χ4n) is 1.000. The van der Waals surface area contributed by atoms with Gasteiger partial charge < -0.3 is 15.8 Å². The SMILES string of the molecule is CC(C)COCCNc1cnc(N)cn1. The normalized spacial score (nSPS) is 10.6. The molecule has 0 aliphatic heterocycles. The van der Waals surface area contributed by atoms with E-state index in [1.807, 2.05) is 0 Å². The van der Waals surface area contributed by atoms with Crippen molar-refractivity contribution in [3.8, 4) is 0 Å². The van der Waals surface area contributed by atoms with Gasteiger partial charge in [-0.15, -0.1) is 0 Å². The Bertz CT molecular complexity index is 273. The second-order valence-electron chi connectivity index (χ2n) is 3.72. The molecule has 0 radical (unpaired) electrons. The molecule has 1 rings (SSSR count). The Balaban J connectivity index is 2.12. The van der Waals surface area contributed by atoms with E-state index in [0.717, 1.165) is 19.0 Å². The fourth-order valence-corrected chi connectivity index (χ4v) is 1.000. The first-order valence-corrected chi connectivity index (χ1v) is 5.07. The Labute approximate surface area is 90.1 Å². The smallest absolute Gasteiger partial charge is 0.144 e. The Morgan fingerprint density at radius 2 is 2.20 bits per heavy atom. The average molecular weight is 210 g/mol. The molecule has 84 valence electrons. The zero-order chi connectivity index (χ0) is 11.1. The molecule has 1 aromatic heterocycles. The maximum Gasteiger partial charge on any atom is 0.144 e. The number of hydrogen-bond donors (Lipinski definition) is 2. The molecule has 5 nitrogen and oxygen atoms in total. The number of rotatable bonds is 6. The summed E-state index contributed by atoms with van der Waals surface area (Å²) in [5.74, 6) is 1.72. The van der Waals surface area contributed by atoms with Gasteiger partial charge in [-0.05, 0) is 5.92 Å². The van der Waals surface area contributed by atoms with Crippen LogP contribution in [0, 0.1) is 5.92 Å². The summed E-state index contributed by atoms with van der Waals surface area (Å²) in [6.45, 7) is 6.43. The van der Waals surface area contributed by atoms with E-state index < -0.39 is 0 Å². The minimum Gasteiger partial charge on any atom is -0.382 e. The minimum atomic E-state index is 0.427. The van der Waals surface area contributed by atoms with Crippen LogP contribution in [0.2, 0.25) is 0 Å². The predicted molar refractivity (Wildman–Crippen MR) is 60.6 cm³/mol. The lowest BCUT2D eigenvalue weighted by Gasteiger charge is -2.08. The van der Waals surface area contributed by atoms with Crippen molar-refractivity contribution in [1.82, 2.24) is 9.97 Å². The third-order valence-corrected chi connectivity index (χ3v) is 1.68. The lowest BCUT2D eigenvalue weighted by atomic mass is 10.2. The third-order valence-electron chi connectivity index (χ3n) is 1.68. The molecule has 0 spiro atoms. The van der Waals surface area contributed by atoms with Crippen molar-refractivity contribution in [2.24, 2.45) is 5.92 Å². The van der Waals surface area contributed by atoms with E-state index in [4.69, 9.17) is 10.5 Å². The van der Waals surface area contributed by atoms with Crippen molar-refractivity contribution in [1.29, 1.82) is 0 Å². The van der Waals surface area contributed by atoms with Gasteiger partial charge in [0.1, 0.15) is 11.6 Å². The van der Waals surface area contributed by atoms with Crippen LogP contribution in [-0.4, -0.2) is 29.7 Å². The molecule has 1 aromatic rings. The molecule has 1 heterocycles. The number of nitrogens with two attached hydrogens (primary N) is 1. The monoisotopic (exact) mass is 210 g/mol. The Morgan fingerprint density at radius 3 is 2.80 bits per heavy atom. The summed E-state index contributed by atoms with van der Waals surface area (Å²) < 4.78 is 5.41. The molecule has 0 saturated heterocycles. The van der Waals surface area contributed by atoms with Crippen LogP contribution in [0.1, 0.15) is 13.8 Å². The Hall–Kier alpha value is -1.36. The van der Waals surface area contributed by atoms with Gasteiger partial charge in [0.05, 0.1) is 19.0 Å². The molecule has 0 unspecified atom stereocenters. The van der Waals surface area contributed by atoms with Crippen LogP contribution in [0.5, 0.6) is 0 Å². The maximum atomic E-state index is 5.41. The molecule has 0 fully saturated rings. The van der Waals surface area contributed by atoms with E-state index in [-0.39, 0.29) is 0 Å².